The number of rotatable bonds is 7. The highest BCUT2D eigenvalue weighted by Crippen LogP contribution is 2.22. The third kappa shape index (κ3) is 4.54. The number of hydrogen-bond acceptors (Lipinski definition) is 1. The average Bonchev–Trinajstić information content (AvgIpc) is 2.29. The van der Waals surface area contributed by atoms with Crippen molar-refractivity contribution in [2.45, 2.75) is 39.0 Å². The molecule has 1 aromatic rings. The standard InChI is InChI=1S/C14H22ClN/c1-3-5-13(11-16-10-4-2)12-6-8-14(15)9-7-12/h6-9,13,16H,3-5,10-11H2,1-2H3. The Balaban J connectivity index is 2.57. The van der Waals surface area contributed by atoms with Crippen molar-refractivity contribution in [3.8, 4) is 0 Å². The Morgan fingerprint density at radius 3 is 2.38 bits per heavy atom. The molecular formula is C14H22ClN. The van der Waals surface area contributed by atoms with Gasteiger partial charge in [-0.1, -0.05) is 44.0 Å². The van der Waals surface area contributed by atoms with E-state index in [-0.39, 0.29) is 0 Å². The highest BCUT2D eigenvalue weighted by Gasteiger charge is 2.09. The van der Waals surface area contributed by atoms with Gasteiger partial charge in [-0.25, -0.2) is 0 Å². The van der Waals surface area contributed by atoms with Crippen LogP contribution in [0, 0.1) is 0 Å². The monoisotopic (exact) mass is 239 g/mol. The molecule has 1 aromatic carbocycles. The van der Waals surface area contributed by atoms with Crippen molar-refractivity contribution in [2.75, 3.05) is 13.1 Å². The number of benzene rings is 1. The normalized spacial score (nSPS) is 12.7. The summed E-state index contributed by atoms with van der Waals surface area (Å²) in [7, 11) is 0. The molecule has 1 unspecified atom stereocenters. The van der Waals surface area contributed by atoms with Gasteiger partial charge in [-0.15, -0.1) is 0 Å². The number of nitrogens with one attached hydrogen (secondary N) is 1. The van der Waals surface area contributed by atoms with Gasteiger partial charge in [0, 0.05) is 11.6 Å². The molecule has 0 heterocycles. The smallest absolute Gasteiger partial charge is 0.0406 e. The maximum absolute atomic E-state index is 5.90. The van der Waals surface area contributed by atoms with Crippen molar-refractivity contribution in [1.82, 2.24) is 5.32 Å². The van der Waals surface area contributed by atoms with E-state index in [1.165, 1.54) is 24.8 Å². The Kier molecular flexibility index (Phi) is 6.51. The maximum Gasteiger partial charge on any atom is 0.0406 e. The summed E-state index contributed by atoms with van der Waals surface area (Å²) in [5, 5.41) is 4.32. The van der Waals surface area contributed by atoms with Crippen LogP contribution in [-0.2, 0) is 0 Å². The van der Waals surface area contributed by atoms with Crippen molar-refractivity contribution in [1.29, 1.82) is 0 Å². The van der Waals surface area contributed by atoms with Crippen LogP contribution in [0.25, 0.3) is 0 Å². The van der Waals surface area contributed by atoms with Gasteiger partial charge in [0.2, 0.25) is 0 Å². The molecule has 2 heteroatoms. The molecule has 0 aliphatic rings. The van der Waals surface area contributed by atoms with Gasteiger partial charge in [0.25, 0.3) is 0 Å². The summed E-state index contributed by atoms with van der Waals surface area (Å²) in [5.74, 6) is 0.619. The molecule has 1 nitrogen and oxygen atoms in total. The highest BCUT2D eigenvalue weighted by molar-refractivity contribution is 6.30. The Hall–Kier alpha value is -0.530. The lowest BCUT2D eigenvalue weighted by atomic mass is 9.94. The van der Waals surface area contributed by atoms with Crippen LogP contribution in [0.2, 0.25) is 5.02 Å². The van der Waals surface area contributed by atoms with Crippen LogP contribution in [0.1, 0.15) is 44.6 Å². The van der Waals surface area contributed by atoms with E-state index in [9.17, 15) is 0 Å². The van der Waals surface area contributed by atoms with Crippen LogP contribution in [0.15, 0.2) is 24.3 Å². The van der Waals surface area contributed by atoms with Crippen LogP contribution in [-0.4, -0.2) is 13.1 Å². The van der Waals surface area contributed by atoms with E-state index < -0.39 is 0 Å². The first kappa shape index (κ1) is 13.5. The van der Waals surface area contributed by atoms with Crippen molar-refractivity contribution >= 4 is 11.6 Å². The second-order valence-electron chi connectivity index (χ2n) is 4.24. The number of hydrogen-bond donors (Lipinski definition) is 1. The minimum atomic E-state index is 0.619. The number of halogens is 1. The fourth-order valence-corrected chi connectivity index (χ4v) is 2.05. The van der Waals surface area contributed by atoms with E-state index in [0.29, 0.717) is 5.92 Å². The van der Waals surface area contributed by atoms with Crippen molar-refractivity contribution in [2.24, 2.45) is 0 Å². The summed E-state index contributed by atoms with van der Waals surface area (Å²) in [6.07, 6.45) is 3.65. The third-order valence-corrected chi connectivity index (χ3v) is 3.05. The molecule has 1 rings (SSSR count). The Morgan fingerprint density at radius 2 is 1.81 bits per heavy atom. The molecule has 0 saturated carbocycles. The zero-order valence-corrected chi connectivity index (χ0v) is 11.1. The van der Waals surface area contributed by atoms with Gasteiger partial charge in [0.15, 0.2) is 0 Å². The summed E-state index contributed by atoms with van der Waals surface area (Å²) in [6.45, 7) is 6.62. The Bertz CT molecular complexity index is 281. The first-order valence-electron chi connectivity index (χ1n) is 6.24. The lowest BCUT2D eigenvalue weighted by molar-refractivity contribution is 0.543. The summed E-state index contributed by atoms with van der Waals surface area (Å²) in [5.41, 5.74) is 1.40. The zero-order chi connectivity index (χ0) is 11.8. The van der Waals surface area contributed by atoms with Crippen LogP contribution in [0.5, 0.6) is 0 Å². The fourth-order valence-electron chi connectivity index (χ4n) is 1.92. The van der Waals surface area contributed by atoms with Gasteiger partial charge in [0.1, 0.15) is 0 Å². The molecule has 16 heavy (non-hydrogen) atoms. The zero-order valence-electron chi connectivity index (χ0n) is 10.3. The molecule has 0 aromatic heterocycles. The SMILES string of the molecule is CCCNCC(CCC)c1ccc(Cl)cc1. The molecule has 0 amide bonds. The largest absolute Gasteiger partial charge is 0.316 e. The van der Waals surface area contributed by atoms with Gasteiger partial charge in [-0.05, 0) is 43.0 Å². The van der Waals surface area contributed by atoms with E-state index in [1.807, 2.05) is 12.1 Å². The molecule has 0 bridgehead atoms. The molecular weight excluding hydrogens is 218 g/mol. The fraction of sp³-hybridized carbons (Fsp3) is 0.571. The van der Waals surface area contributed by atoms with Crippen molar-refractivity contribution < 1.29 is 0 Å². The van der Waals surface area contributed by atoms with E-state index >= 15 is 0 Å². The third-order valence-electron chi connectivity index (χ3n) is 2.80. The van der Waals surface area contributed by atoms with Crippen LogP contribution >= 0.6 is 11.6 Å². The average molecular weight is 240 g/mol. The molecule has 0 aliphatic carbocycles. The first-order chi connectivity index (χ1) is 7.77. The van der Waals surface area contributed by atoms with E-state index in [2.05, 4.69) is 31.3 Å². The predicted octanol–water partition coefficient (Wildman–Crippen LogP) is 4.22. The Morgan fingerprint density at radius 1 is 1.12 bits per heavy atom. The summed E-state index contributed by atoms with van der Waals surface area (Å²) in [4.78, 5) is 0. The maximum atomic E-state index is 5.90. The minimum absolute atomic E-state index is 0.619. The van der Waals surface area contributed by atoms with Gasteiger partial charge in [-0.3, -0.25) is 0 Å². The lowest BCUT2D eigenvalue weighted by Crippen LogP contribution is -2.22. The highest BCUT2D eigenvalue weighted by atomic mass is 35.5. The van der Waals surface area contributed by atoms with E-state index in [4.69, 9.17) is 11.6 Å². The molecule has 0 spiro atoms. The first-order valence-corrected chi connectivity index (χ1v) is 6.61. The molecule has 0 radical (unpaired) electrons. The molecule has 0 fully saturated rings. The van der Waals surface area contributed by atoms with Crippen molar-refractivity contribution in [3.63, 3.8) is 0 Å². The quantitative estimate of drug-likeness (QED) is 0.703. The summed E-state index contributed by atoms with van der Waals surface area (Å²) >= 11 is 5.90. The van der Waals surface area contributed by atoms with Gasteiger partial charge >= 0.3 is 0 Å². The van der Waals surface area contributed by atoms with Gasteiger partial charge in [0.05, 0.1) is 0 Å². The molecule has 90 valence electrons. The molecule has 1 N–H and O–H groups in total. The van der Waals surface area contributed by atoms with E-state index in [0.717, 1.165) is 18.1 Å². The van der Waals surface area contributed by atoms with Gasteiger partial charge in [-0.2, -0.15) is 0 Å². The predicted molar refractivity (Wildman–Crippen MR) is 72.3 cm³/mol. The van der Waals surface area contributed by atoms with Crippen LogP contribution < -0.4 is 5.32 Å². The second kappa shape index (κ2) is 7.70. The minimum Gasteiger partial charge on any atom is -0.316 e. The van der Waals surface area contributed by atoms with Crippen molar-refractivity contribution in [3.05, 3.63) is 34.9 Å². The molecule has 1 atom stereocenters. The topological polar surface area (TPSA) is 12.0 Å². The summed E-state index contributed by atoms with van der Waals surface area (Å²) in [6, 6.07) is 8.27. The second-order valence-corrected chi connectivity index (χ2v) is 4.68. The van der Waals surface area contributed by atoms with Crippen LogP contribution in [0.3, 0.4) is 0 Å². The van der Waals surface area contributed by atoms with Gasteiger partial charge < -0.3 is 5.32 Å². The van der Waals surface area contributed by atoms with Crippen LogP contribution in [0.4, 0.5) is 0 Å². The molecule has 0 saturated heterocycles. The molecule has 0 aliphatic heterocycles. The summed E-state index contributed by atoms with van der Waals surface area (Å²) < 4.78 is 0. The lowest BCUT2D eigenvalue weighted by Gasteiger charge is -2.17. The Labute approximate surface area is 104 Å². The van der Waals surface area contributed by atoms with E-state index in [1.54, 1.807) is 0 Å².